The summed E-state index contributed by atoms with van der Waals surface area (Å²) >= 11 is 9.48. The van der Waals surface area contributed by atoms with Crippen LogP contribution in [0.15, 0.2) is 16.7 Å². The highest BCUT2D eigenvalue weighted by atomic mass is 79.9. The lowest BCUT2D eigenvalue weighted by molar-refractivity contribution is 0.327. The number of rotatable bonds is 3. The van der Waals surface area contributed by atoms with Gasteiger partial charge in [0.2, 0.25) is 5.75 Å². The second-order valence-electron chi connectivity index (χ2n) is 3.46. The first-order chi connectivity index (χ1) is 8.63. The van der Waals surface area contributed by atoms with Gasteiger partial charge in [0, 0.05) is 12.3 Å². The van der Waals surface area contributed by atoms with Crippen LogP contribution in [-0.2, 0) is 0 Å². The molecule has 6 heteroatoms. The highest BCUT2D eigenvalue weighted by molar-refractivity contribution is 9.10. The third-order valence-electron chi connectivity index (χ3n) is 2.56. The van der Waals surface area contributed by atoms with E-state index in [2.05, 4.69) is 20.9 Å². The predicted octanol–water partition coefficient (Wildman–Crippen LogP) is 3.68. The predicted molar refractivity (Wildman–Crippen MR) is 74.1 cm³/mol. The van der Waals surface area contributed by atoms with Crippen LogP contribution in [0.5, 0.6) is 17.2 Å². The van der Waals surface area contributed by atoms with Gasteiger partial charge in [0.05, 0.1) is 41.7 Å². The van der Waals surface area contributed by atoms with Crippen molar-refractivity contribution < 1.29 is 14.2 Å². The van der Waals surface area contributed by atoms with E-state index >= 15 is 0 Å². The van der Waals surface area contributed by atoms with E-state index in [4.69, 9.17) is 25.8 Å². The molecule has 0 atom stereocenters. The van der Waals surface area contributed by atoms with Gasteiger partial charge in [-0.25, -0.2) is 0 Å². The van der Waals surface area contributed by atoms with Gasteiger partial charge in [-0.2, -0.15) is 0 Å². The van der Waals surface area contributed by atoms with Crippen molar-refractivity contribution in [1.29, 1.82) is 0 Å². The van der Waals surface area contributed by atoms with Crippen molar-refractivity contribution in [3.05, 3.63) is 21.8 Å². The van der Waals surface area contributed by atoms with Crippen molar-refractivity contribution in [2.45, 2.75) is 0 Å². The molecule has 0 spiro atoms. The zero-order chi connectivity index (χ0) is 13.3. The third-order valence-corrected chi connectivity index (χ3v) is 3.89. The molecule has 1 heterocycles. The summed E-state index contributed by atoms with van der Waals surface area (Å²) < 4.78 is 16.7. The first-order valence-corrected chi connectivity index (χ1v) is 6.23. The van der Waals surface area contributed by atoms with Crippen LogP contribution in [0.25, 0.3) is 10.9 Å². The molecule has 0 aliphatic rings. The van der Waals surface area contributed by atoms with Gasteiger partial charge in [0.15, 0.2) is 11.5 Å². The number of hydrogen-bond acceptors (Lipinski definition) is 4. The van der Waals surface area contributed by atoms with E-state index in [-0.39, 0.29) is 0 Å². The normalized spacial score (nSPS) is 10.5. The third kappa shape index (κ3) is 1.97. The van der Waals surface area contributed by atoms with Gasteiger partial charge >= 0.3 is 0 Å². The van der Waals surface area contributed by atoms with E-state index in [1.807, 2.05) is 0 Å². The standard InChI is InChI=1S/C12H11BrClNO3/c1-16-8-4-7-9(10(13)6(14)5-15-7)12(18-3)11(8)17-2/h4-5H,1-3H3. The highest BCUT2D eigenvalue weighted by Crippen LogP contribution is 2.46. The number of nitrogens with zero attached hydrogens (tertiary/aromatic N) is 1. The van der Waals surface area contributed by atoms with Gasteiger partial charge < -0.3 is 14.2 Å². The van der Waals surface area contributed by atoms with Crippen LogP contribution in [0, 0.1) is 0 Å². The number of pyridine rings is 1. The average molecular weight is 333 g/mol. The fraction of sp³-hybridized carbons (Fsp3) is 0.250. The van der Waals surface area contributed by atoms with Crippen molar-refractivity contribution in [3.8, 4) is 17.2 Å². The molecule has 0 aliphatic carbocycles. The molecule has 4 nitrogen and oxygen atoms in total. The molecule has 0 aliphatic heterocycles. The maximum Gasteiger partial charge on any atom is 0.204 e. The van der Waals surface area contributed by atoms with Crippen LogP contribution in [0.3, 0.4) is 0 Å². The van der Waals surface area contributed by atoms with Crippen molar-refractivity contribution >= 4 is 38.4 Å². The second-order valence-corrected chi connectivity index (χ2v) is 4.66. The Morgan fingerprint density at radius 2 is 1.78 bits per heavy atom. The maximum absolute atomic E-state index is 6.05. The Balaban J connectivity index is 2.93. The zero-order valence-corrected chi connectivity index (χ0v) is 12.4. The van der Waals surface area contributed by atoms with E-state index in [0.29, 0.717) is 32.3 Å². The fourth-order valence-corrected chi connectivity index (χ4v) is 2.39. The van der Waals surface area contributed by atoms with Crippen LogP contribution in [-0.4, -0.2) is 26.3 Å². The Morgan fingerprint density at radius 1 is 1.11 bits per heavy atom. The number of methoxy groups -OCH3 is 3. The van der Waals surface area contributed by atoms with Crippen LogP contribution in [0.1, 0.15) is 0 Å². The minimum atomic E-state index is 0.507. The largest absolute Gasteiger partial charge is 0.493 e. The zero-order valence-electron chi connectivity index (χ0n) is 10.1. The minimum absolute atomic E-state index is 0.507. The Morgan fingerprint density at radius 3 is 2.33 bits per heavy atom. The van der Waals surface area contributed by atoms with Crippen molar-refractivity contribution in [1.82, 2.24) is 4.98 Å². The molecule has 0 N–H and O–H groups in total. The molecule has 1 aromatic heterocycles. The molecule has 2 rings (SSSR count). The Bertz CT molecular complexity index is 604. The van der Waals surface area contributed by atoms with E-state index in [1.54, 1.807) is 33.6 Å². The monoisotopic (exact) mass is 331 g/mol. The summed E-state index contributed by atoms with van der Waals surface area (Å²) in [5.41, 5.74) is 0.709. The van der Waals surface area contributed by atoms with Gasteiger partial charge in [0.25, 0.3) is 0 Å². The molecule has 2 aromatic rings. The molecule has 0 amide bonds. The van der Waals surface area contributed by atoms with E-state index in [0.717, 1.165) is 5.39 Å². The number of benzene rings is 1. The van der Waals surface area contributed by atoms with Crippen LogP contribution in [0.4, 0.5) is 0 Å². The quantitative estimate of drug-likeness (QED) is 0.860. The Hall–Kier alpha value is -1.20. The van der Waals surface area contributed by atoms with Gasteiger partial charge in [0.1, 0.15) is 0 Å². The number of ether oxygens (including phenoxy) is 3. The number of aromatic nitrogens is 1. The minimum Gasteiger partial charge on any atom is -0.493 e. The van der Waals surface area contributed by atoms with E-state index < -0.39 is 0 Å². The molecular formula is C12H11BrClNO3. The molecule has 96 valence electrons. The van der Waals surface area contributed by atoms with Crippen molar-refractivity contribution in [2.75, 3.05) is 21.3 Å². The topological polar surface area (TPSA) is 40.6 Å². The lowest BCUT2D eigenvalue weighted by atomic mass is 10.1. The molecule has 0 unspecified atom stereocenters. The SMILES string of the molecule is COc1cc2ncc(Cl)c(Br)c2c(OC)c1OC. The molecule has 18 heavy (non-hydrogen) atoms. The number of halogens is 2. The van der Waals surface area contributed by atoms with Crippen LogP contribution in [0.2, 0.25) is 5.02 Å². The van der Waals surface area contributed by atoms with Gasteiger partial charge in [-0.1, -0.05) is 11.6 Å². The molecule has 0 bridgehead atoms. The molecule has 0 radical (unpaired) electrons. The summed E-state index contributed by atoms with van der Waals surface area (Å²) in [4.78, 5) is 4.26. The lowest BCUT2D eigenvalue weighted by Crippen LogP contribution is -1.97. The van der Waals surface area contributed by atoms with Gasteiger partial charge in [-0.15, -0.1) is 0 Å². The summed E-state index contributed by atoms with van der Waals surface area (Å²) in [5, 5.41) is 1.26. The molecule has 0 fully saturated rings. The highest BCUT2D eigenvalue weighted by Gasteiger charge is 2.19. The van der Waals surface area contributed by atoms with Crippen molar-refractivity contribution in [3.63, 3.8) is 0 Å². The Labute approximate surface area is 118 Å². The van der Waals surface area contributed by atoms with Gasteiger partial charge in [-0.05, 0) is 15.9 Å². The fourth-order valence-electron chi connectivity index (χ4n) is 1.76. The molecular weight excluding hydrogens is 321 g/mol. The number of hydrogen-bond donors (Lipinski definition) is 0. The summed E-state index contributed by atoms with van der Waals surface area (Å²) in [6, 6.07) is 1.78. The first kappa shape index (κ1) is 13.2. The van der Waals surface area contributed by atoms with E-state index in [9.17, 15) is 0 Å². The average Bonchev–Trinajstić information content (AvgIpc) is 2.40. The number of fused-ring (bicyclic) bond motifs is 1. The van der Waals surface area contributed by atoms with E-state index in [1.165, 1.54) is 0 Å². The van der Waals surface area contributed by atoms with Crippen molar-refractivity contribution in [2.24, 2.45) is 0 Å². The van der Waals surface area contributed by atoms with Crippen LogP contribution < -0.4 is 14.2 Å². The first-order valence-electron chi connectivity index (χ1n) is 5.06. The summed E-state index contributed by atoms with van der Waals surface area (Å²) in [6.07, 6.45) is 1.57. The molecule has 0 saturated heterocycles. The van der Waals surface area contributed by atoms with Gasteiger partial charge in [-0.3, -0.25) is 4.98 Å². The van der Waals surface area contributed by atoms with Crippen LogP contribution >= 0.6 is 27.5 Å². The second kappa shape index (κ2) is 5.20. The lowest BCUT2D eigenvalue weighted by Gasteiger charge is -2.15. The molecule has 0 saturated carbocycles. The smallest absolute Gasteiger partial charge is 0.204 e. The summed E-state index contributed by atoms with van der Waals surface area (Å²) in [6.45, 7) is 0. The summed E-state index contributed by atoms with van der Waals surface area (Å²) in [5.74, 6) is 1.61. The Kier molecular flexibility index (Phi) is 3.82. The molecule has 1 aromatic carbocycles. The maximum atomic E-state index is 6.05. The summed E-state index contributed by atoms with van der Waals surface area (Å²) in [7, 11) is 4.68.